The summed E-state index contributed by atoms with van der Waals surface area (Å²) >= 11 is 0. The van der Waals surface area contributed by atoms with Crippen LogP contribution in [0.25, 0.3) is 10.9 Å². The summed E-state index contributed by atoms with van der Waals surface area (Å²) in [5, 5.41) is 0.0655. The van der Waals surface area contributed by atoms with Crippen molar-refractivity contribution >= 4 is 26.4 Å². The first kappa shape index (κ1) is 22.0. The van der Waals surface area contributed by atoms with Gasteiger partial charge in [-0.25, -0.2) is 12.8 Å². The van der Waals surface area contributed by atoms with E-state index in [1.807, 2.05) is 31.7 Å². The van der Waals surface area contributed by atoms with Gasteiger partial charge in [0.15, 0.2) is 0 Å². The van der Waals surface area contributed by atoms with E-state index >= 15 is 0 Å². The monoisotopic (exact) mass is 430 g/mol. The standard InChI is InChI=1S/C23H27FN2O3S/c1-6-25(7-2)21-13-20-18(12-19(21)24)23(27)22(14-26(20)8-3)30(28,29)17-10-15(4)9-16(5)11-17/h9-14H,6-8H2,1-5H3. The molecule has 30 heavy (non-hydrogen) atoms. The van der Waals surface area contributed by atoms with Crippen LogP contribution in [0.5, 0.6) is 0 Å². The maximum absolute atomic E-state index is 14.9. The minimum atomic E-state index is -4.05. The van der Waals surface area contributed by atoms with Crippen molar-refractivity contribution in [1.29, 1.82) is 0 Å². The van der Waals surface area contributed by atoms with E-state index in [1.54, 1.807) is 36.6 Å². The van der Waals surface area contributed by atoms with Gasteiger partial charge in [0.25, 0.3) is 0 Å². The molecule has 0 saturated heterocycles. The van der Waals surface area contributed by atoms with E-state index < -0.39 is 21.1 Å². The summed E-state index contributed by atoms with van der Waals surface area (Å²) in [6.07, 6.45) is 1.38. The van der Waals surface area contributed by atoms with Crippen LogP contribution < -0.4 is 10.3 Å². The molecule has 1 heterocycles. The summed E-state index contributed by atoms with van der Waals surface area (Å²) in [5.41, 5.74) is 1.82. The molecule has 0 fully saturated rings. The molecule has 0 radical (unpaired) electrons. The second-order valence-electron chi connectivity index (χ2n) is 7.43. The van der Waals surface area contributed by atoms with Gasteiger partial charge in [-0.1, -0.05) is 6.07 Å². The molecule has 0 amide bonds. The zero-order valence-corrected chi connectivity index (χ0v) is 18.8. The molecule has 1 aromatic heterocycles. The molecule has 0 unspecified atom stereocenters. The fraction of sp³-hybridized carbons (Fsp3) is 0.348. The van der Waals surface area contributed by atoms with Crippen LogP contribution in [0.2, 0.25) is 0 Å². The molecule has 3 rings (SSSR count). The number of nitrogens with zero attached hydrogens (tertiary/aromatic N) is 2. The first-order chi connectivity index (χ1) is 14.1. The van der Waals surface area contributed by atoms with Crippen molar-refractivity contribution in [3.05, 3.63) is 63.7 Å². The Hall–Kier alpha value is -2.67. The molecule has 160 valence electrons. The fourth-order valence-corrected chi connectivity index (χ4v) is 5.40. The highest BCUT2D eigenvalue weighted by Gasteiger charge is 2.25. The Morgan fingerprint density at radius 2 is 1.57 bits per heavy atom. The third kappa shape index (κ3) is 3.74. The van der Waals surface area contributed by atoms with E-state index in [1.165, 1.54) is 6.20 Å². The first-order valence-electron chi connectivity index (χ1n) is 10.1. The maximum Gasteiger partial charge on any atom is 0.211 e. The summed E-state index contributed by atoms with van der Waals surface area (Å²) in [6.45, 7) is 11.0. The number of pyridine rings is 1. The lowest BCUT2D eigenvalue weighted by Gasteiger charge is -2.23. The molecule has 0 bridgehead atoms. The number of halogens is 1. The van der Waals surface area contributed by atoms with Crippen LogP contribution in [0.1, 0.15) is 31.9 Å². The number of aromatic nitrogens is 1. The highest BCUT2D eigenvalue weighted by atomic mass is 32.2. The summed E-state index contributed by atoms with van der Waals surface area (Å²) in [6, 6.07) is 7.76. The van der Waals surface area contributed by atoms with Gasteiger partial charge in [-0.3, -0.25) is 4.79 Å². The molecule has 0 aliphatic heterocycles. The molecule has 0 spiro atoms. The van der Waals surface area contributed by atoms with Crippen molar-refractivity contribution in [2.24, 2.45) is 0 Å². The van der Waals surface area contributed by atoms with Crippen molar-refractivity contribution in [2.75, 3.05) is 18.0 Å². The molecule has 0 atom stereocenters. The van der Waals surface area contributed by atoms with Crippen molar-refractivity contribution in [2.45, 2.75) is 51.0 Å². The smallest absolute Gasteiger partial charge is 0.211 e. The van der Waals surface area contributed by atoms with Gasteiger partial charge in [0, 0.05) is 25.8 Å². The van der Waals surface area contributed by atoms with Crippen LogP contribution in [0.4, 0.5) is 10.1 Å². The number of hydrogen-bond donors (Lipinski definition) is 0. The normalized spacial score (nSPS) is 11.8. The van der Waals surface area contributed by atoms with Crippen molar-refractivity contribution in [3.63, 3.8) is 0 Å². The van der Waals surface area contributed by atoms with Gasteiger partial charge in [0.05, 0.1) is 21.5 Å². The van der Waals surface area contributed by atoms with Crippen LogP contribution in [0.15, 0.2) is 51.1 Å². The lowest BCUT2D eigenvalue weighted by Crippen LogP contribution is -2.24. The zero-order chi connectivity index (χ0) is 22.2. The van der Waals surface area contributed by atoms with Crippen LogP contribution in [0.3, 0.4) is 0 Å². The average Bonchev–Trinajstić information content (AvgIpc) is 2.69. The molecule has 0 aliphatic rings. The number of hydrogen-bond acceptors (Lipinski definition) is 4. The van der Waals surface area contributed by atoms with Crippen molar-refractivity contribution < 1.29 is 12.8 Å². The lowest BCUT2D eigenvalue weighted by atomic mass is 10.1. The Kier molecular flexibility index (Phi) is 6.04. The van der Waals surface area contributed by atoms with Gasteiger partial charge >= 0.3 is 0 Å². The zero-order valence-electron chi connectivity index (χ0n) is 18.0. The number of anilines is 1. The van der Waals surface area contributed by atoms with Gasteiger partial charge in [-0.2, -0.15) is 0 Å². The average molecular weight is 431 g/mol. The minimum Gasteiger partial charge on any atom is -0.370 e. The lowest BCUT2D eigenvalue weighted by molar-refractivity contribution is 0.593. The first-order valence-corrected chi connectivity index (χ1v) is 11.6. The number of benzene rings is 2. The predicted molar refractivity (Wildman–Crippen MR) is 119 cm³/mol. The molecule has 0 N–H and O–H groups in total. The van der Waals surface area contributed by atoms with Gasteiger partial charge in [0.2, 0.25) is 15.3 Å². The van der Waals surface area contributed by atoms with E-state index in [2.05, 4.69) is 0 Å². The second kappa shape index (κ2) is 8.22. The van der Waals surface area contributed by atoms with Crippen molar-refractivity contribution in [1.82, 2.24) is 4.57 Å². The SMILES string of the molecule is CCN(CC)c1cc2c(cc1F)c(=O)c(S(=O)(=O)c1cc(C)cc(C)c1)cn2CC. The quantitative estimate of drug-likeness (QED) is 0.579. The molecule has 0 saturated carbocycles. The van der Waals surface area contributed by atoms with Crippen LogP contribution in [-0.2, 0) is 16.4 Å². The second-order valence-corrected chi connectivity index (χ2v) is 9.35. The van der Waals surface area contributed by atoms with E-state index in [4.69, 9.17) is 0 Å². The third-order valence-corrected chi connectivity index (χ3v) is 7.08. The third-order valence-electron chi connectivity index (χ3n) is 5.36. The summed E-state index contributed by atoms with van der Waals surface area (Å²) in [4.78, 5) is 14.8. The highest BCUT2D eigenvalue weighted by molar-refractivity contribution is 7.91. The maximum atomic E-state index is 14.9. The largest absolute Gasteiger partial charge is 0.370 e. The molecule has 3 aromatic rings. The molecular weight excluding hydrogens is 403 g/mol. The predicted octanol–water partition coefficient (Wildman–Crippen LogP) is 4.46. The minimum absolute atomic E-state index is 0.0655. The highest BCUT2D eigenvalue weighted by Crippen LogP contribution is 2.28. The van der Waals surface area contributed by atoms with Gasteiger partial charge in [-0.05, 0) is 70.0 Å². The van der Waals surface area contributed by atoms with Gasteiger partial charge < -0.3 is 9.47 Å². The number of aryl methyl sites for hydroxylation is 3. The molecule has 0 aliphatic carbocycles. The topological polar surface area (TPSA) is 59.4 Å². The number of sulfone groups is 1. The van der Waals surface area contributed by atoms with Crippen LogP contribution in [0, 0.1) is 19.7 Å². The van der Waals surface area contributed by atoms with E-state index in [0.29, 0.717) is 30.8 Å². The Balaban J connectivity index is 2.34. The van der Waals surface area contributed by atoms with Crippen LogP contribution >= 0.6 is 0 Å². The Morgan fingerprint density at radius 1 is 0.967 bits per heavy atom. The molecular formula is C23H27FN2O3S. The molecule has 7 heteroatoms. The fourth-order valence-electron chi connectivity index (χ4n) is 3.85. The summed E-state index contributed by atoms with van der Waals surface area (Å²) in [7, 11) is -4.05. The number of rotatable bonds is 6. The Labute approximate surface area is 176 Å². The molecule has 5 nitrogen and oxygen atoms in total. The Bertz CT molecular complexity index is 1260. The summed E-state index contributed by atoms with van der Waals surface area (Å²) in [5.74, 6) is -0.535. The van der Waals surface area contributed by atoms with Gasteiger partial charge in [0.1, 0.15) is 10.7 Å². The van der Waals surface area contributed by atoms with E-state index in [-0.39, 0.29) is 15.2 Å². The van der Waals surface area contributed by atoms with Crippen molar-refractivity contribution in [3.8, 4) is 0 Å². The molecule has 2 aromatic carbocycles. The number of fused-ring (bicyclic) bond motifs is 1. The van der Waals surface area contributed by atoms with E-state index in [0.717, 1.165) is 17.2 Å². The van der Waals surface area contributed by atoms with E-state index in [9.17, 15) is 17.6 Å². The van der Waals surface area contributed by atoms with Gasteiger partial charge in [-0.15, -0.1) is 0 Å². The summed E-state index contributed by atoms with van der Waals surface area (Å²) < 4.78 is 43.2. The van der Waals surface area contributed by atoms with Crippen LogP contribution in [-0.4, -0.2) is 26.1 Å². The Morgan fingerprint density at radius 3 is 2.10 bits per heavy atom.